The maximum atomic E-state index is 13.8. The van der Waals surface area contributed by atoms with Crippen LogP contribution in [-0.2, 0) is 38.8 Å². The molecule has 3 atom stereocenters. The number of carbonyl (C=O) groups excluding carboxylic acids is 5. The second-order valence-corrected chi connectivity index (χ2v) is 14.6. The topological polar surface area (TPSA) is 192 Å². The molecule has 0 radical (unpaired) electrons. The highest BCUT2D eigenvalue weighted by Crippen LogP contribution is 2.38. The number of benzene rings is 2. The van der Waals surface area contributed by atoms with Crippen LogP contribution in [0.3, 0.4) is 0 Å². The van der Waals surface area contributed by atoms with E-state index in [9.17, 15) is 32.4 Å². The lowest BCUT2D eigenvalue weighted by atomic mass is 9.97. The van der Waals surface area contributed by atoms with Crippen molar-refractivity contribution in [1.82, 2.24) is 25.7 Å². The molecule has 1 saturated carbocycles. The number of hydrogen-bond acceptors (Lipinski definition) is 9. The highest BCUT2D eigenvalue weighted by molar-refractivity contribution is 7.89. The van der Waals surface area contributed by atoms with E-state index in [-0.39, 0.29) is 49.2 Å². The van der Waals surface area contributed by atoms with Crippen LogP contribution in [0.5, 0.6) is 0 Å². The molecule has 14 nitrogen and oxygen atoms in total. The molecule has 1 aliphatic carbocycles. The Morgan fingerprint density at radius 3 is 2.49 bits per heavy atom. The summed E-state index contributed by atoms with van der Waals surface area (Å²) in [6.45, 7) is 2.84. The van der Waals surface area contributed by atoms with Crippen LogP contribution in [0.1, 0.15) is 57.9 Å². The van der Waals surface area contributed by atoms with Crippen molar-refractivity contribution in [1.29, 1.82) is 0 Å². The number of nitrogens with zero attached hydrogens (tertiary/aromatic N) is 1. The van der Waals surface area contributed by atoms with Crippen LogP contribution in [0.15, 0.2) is 59.5 Å². The van der Waals surface area contributed by atoms with E-state index >= 15 is 0 Å². The van der Waals surface area contributed by atoms with Gasteiger partial charge in [0.05, 0.1) is 23.2 Å². The number of hydrogen-bond donors (Lipinski definition) is 5. The number of Topliss-reactive ketones (excluding diaryl/α,β-unsaturated/α-hetero) is 1. The molecular formula is C33H39ClN6O8S. The fourth-order valence-electron chi connectivity index (χ4n) is 5.76. The van der Waals surface area contributed by atoms with Crippen LogP contribution in [0.2, 0.25) is 5.02 Å². The number of hydroxylamine groups is 1. The summed E-state index contributed by atoms with van der Waals surface area (Å²) in [4.78, 5) is 71.5. The Labute approximate surface area is 289 Å². The second-order valence-electron chi connectivity index (χ2n) is 12.4. The number of anilines is 1. The molecule has 1 spiro atoms. The molecule has 0 bridgehead atoms. The number of nitrogens with one attached hydrogen (secondary N) is 5. The number of sulfonamides is 1. The van der Waals surface area contributed by atoms with Crippen LogP contribution in [0, 0.1) is 0 Å². The molecule has 2 aromatic rings. The third-order valence-electron chi connectivity index (χ3n) is 8.35. The van der Waals surface area contributed by atoms with Gasteiger partial charge in [0, 0.05) is 48.6 Å². The lowest BCUT2D eigenvalue weighted by Crippen LogP contribution is -2.53. The van der Waals surface area contributed by atoms with E-state index in [2.05, 4.69) is 26.2 Å². The number of likely N-dealkylation sites (tertiary alicyclic amines) is 1. The zero-order chi connectivity index (χ0) is 35.3. The Morgan fingerprint density at radius 1 is 1.10 bits per heavy atom. The van der Waals surface area contributed by atoms with Gasteiger partial charge < -0.3 is 20.9 Å². The first-order chi connectivity index (χ1) is 23.3. The Morgan fingerprint density at radius 2 is 1.84 bits per heavy atom. The van der Waals surface area contributed by atoms with E-state index in [4.69, 9.17) is 16.4 Å². The highest BCUT2D eigenvalue weighted by Gasteiger charge is 2.51. The van der Waals surface area contributed by atoms with Gasteiger partial charge in [0.15, 0.2) is 0 Å². The van der Waals surface area contributed by atoms with Gasteiger partial charge in [0.25, 0.3) is 5.91 Å². The highest BCUT2D eigenvalue weighted by atomic mass is 35.5. The SMILES string of the molecule is CCC[C@H](NC(=O)[C@@H]1C[C@]2(C=C(c3cccc(Cl)c3)NO2)CN1C(=O)CCNS(=O)(=O)c1ccc(NC(C)=O)cc1)C(=O)C(=O)NC1CC1. The summed E-state index contributed by atoms with van der Waals surface area (Å²) in [5, 5.41) is 8.43. The van der Waals surface area contributed by atoms with Crippen LogP contribution in [0.4, 0.5) is 5.69 Å². The summed E-state index contributed by atoms with van der Waals surface area (Å²) in [6, 6.07) is 10.4. The summed E-state index contributed by atoms with van der Waals surface area (Å²) in [5.41, 5.74) is 3.49. The second kappa shape index (κ2) is 15.1. The summed E-state index contributed by atoms with van der Waals surface area (Å²) in [6.07, 6.45) is 3.84. The Balaban J connectivity index is 1.31. The van der Waals surface area contributed by atoms with E-state index in [0.29, 0.717) is 22.8 Å². The van der Waals surface area contributed by atoms with Gasteiger partial charge in [-0.25, -0.2) is 13.1 Å². The van der Waals surface area contributed by atoms with E-state index < -0.39 is 51.2 Å². The third kappa shape index (κ3) is 9.03. The predicted octanol–water partition coefficient (Wildman–Crippen LogP) is 2.02. The van der Waals surface area contributed by atoms with Crippen molar-refractivity contribution < 1.29 is 37.2 Å². The number of halogens is 1. The largest absolute Gasteiger partial charge is 0.347 e. The molecule has 3 aliphatic rings. The molecule has 5 rings (SSSR count). The van der Waals surface area contributed by atoms with E-state index in [1.54, 1.807) is 24.3 Å². The third-order valence-corrected chi connectivity index (χ3v) is 10.1. The molecule has 2 heterocycles. The van der Waals surface area contributed by atoms with Crippen molar-refractivity contribution in [2.45, 2.75) is 81.0 Å². The predicted molar refractivity (Wildman–Crippen MR) is 180 cm³/mol. The van der Waals surface area contributed by atoms with Crippen LogP contribution in [-0.4, -0.2) is 79.5 Å². The molecule has 2 fully saturated rings. The molecule has 1 saturated heterocycles. The first-order valence-corrected chi connectivity index (χ1v) is 17.9. The Kier molecular flexibility index (Phi) is 11.1. The summed E-state index contributed by atoms with van der Waals surface area (Å²) in [7, 11) is -4.01. The van der Waals surface area contributed by atoms with Gasteiger partial charge in [-0.2, -0.15) is 0 Å². The molecule has 5 N–H and O–H groups in total. The van der Waals surface area contributed by atoms with Gasteiger partial charge in [-0.1, -0.05) is 37.1 Å². The number of ketones is 1. The van der Waals surface area contributed by atoms with Gasteiger partial charge in [0.1, 0.15) is 11.6 Å². The standard InChI is InChI=1S/C33H39ClN6O8S/c1-3-5-26(30(43)32(45)37-24-8-9-24)38-31(44)28-18-33(17-27(39-48-33)21-6-4-7-22(34)16-21)19-40(28)29(42)14-15-35-49(46,47)25-12-10-23(11-13-25)36-20(2)41/h4,6-7,10-13,16-17,24,26,28,35,39H,3,5,8-9,14-15,18-19H2,1-2H3,(H,36,41)(H,37,45)(H,38,44)/t26-,28-,33+/m0/s1. The Bertz CT molecular complexity index is 1760. The van der Waals surface area contributed by atoms with Crippen LogP contribution < -0.4 is 26.2 Å². The van der Waals surface area contributed by atoms with Crippen LogP contribution in [0.25, 0.3) is 5.70 Å². The molecule has 49 heavy (non-hydrogen) atoms. The zero-order valence-corrected chi connectivity index (χ0v) is 28.7. The normalized spacial score (nSPS) is 20.7. The number of carbonyl (C=O) groups is 5. The van der Waals surface area contributed by atoms with Crippen molar-refractivity contribution in [3.63, 3.8) is 0 Å². The van der Waals surface area contributed by atoms with Gasteiger partial charge >= 0.3 is 0 Å². The smallest absolute Gasteiger partial charge is 0.289 e. The van der Waals surface area contributed by atoms with Crippen molar-refractivity contribution >= 4 is 62.4 Å². The quantitative estimate of drug-likeness (QED) is 0.182. The first-order valence-electron chi connectivity index (χ1n) is 16.0. The lowest BCUT2D eigenvalue weighted by Gasteiger charge is -2.26. The van der Waals surface area contributed by atoms with Crippen molar-refractivity contribution in [3.05, 3.63) is 65.2 Å². The molecule has 2 aliphatic heterocycles. The van der Waals surface area contributed by atoms with Gasteiger partial charge in [-0.3, -0.25) is 34.3 Å². The average Bonchev–Trinajstić information content (AvgIpc) is 3.65. The minimum atomic E-state index is -4.01. The van der Waals surface area contributed by atoms with Crippen LogP contribution >= 0.6 is 11.6 Å². The number of amides is 4. The fraction of sp³-hybridized carbons (Fsp3) is 0.424. The van der Waals surface area contributed by atoms with E-state index in [1.165, 1.54) is 36.1 Å². The average molecular weight is 715 g/mol. The molecule has 0 aromatic heterocycles. The molecule has 0 unspecified atom stereocenters. The molecule has 262 valence electrons. The molecule has 16 heteroatoms. The van der Waals surface area contributed by atoms with Gasteiger partial charge in [-0.15, -0.1) is 0 Å². The fourth-order valence-corrected chi connectivity index (χ4v) is 6.98. The molecule has 2 aromatic carbocycles. The summed E-state index contributed by atoms with van der Waals surface area (Å²) >= 11 is 6.18. The summed E-state index contributed by atoms with van der Waals surface area (Å²) in [5.74, 6) is -2.98. The lowest BCUT2D eigenvalue weighted by molar-refractivity contribution is -0.142. The van der Waals surface area contributed by atoms with E-state index in [0.717, 1.165) is 18.4 Å². The van der Waals surface area contributed by atoms with E-state index in [1.807, 2.05) is 13.0 Å². The minimum Gasteiger partial charge on any atom is -0.347 e. The van der Waals surface area contributed by atoms with Gasteiger partial charge in [0.2, 0.25) is 33.5 Å². The number of rotatable bonds is 14. The zero-order valence-electron chi connectivity index (χ0n) is 27.1. The maximum Gasteiger partial charge on any atom is 0.289 e. The molecule has 4 amide bonds. The van der Waals surface area contributed by atoms with Crippen molar-refractivity contribution in [2.24, 2.45) is 0 Å². The summed E-state index contributed by atoms with van der Waals surface area (Å²) < 4.78 is 28.2. The Hall–Kier alpha value is -4.31. The maximum absolute atomic E-state index is 13.8. The minimum absolute atomic E-state index is 0.0231. The monoisotopic (exact) mass is 714 g/mol. The van der Waals surface area contributed by atoms with Gasteiger partial charge in [-0.05, 0) is 61.7 Å². The first kappa shape index (κ1) is 36.0. The van der Waals surface area contributed by atoms with Crippen molar-refractivity contribution in [3.8, 4) is 0 Å². The molecular weight excluding hydrogens is 676 g/mol. The van der Waals surface area contributed by atoms with Crippen molar-refractivity contribution in [2.75, 3.05) is 18.4 Å².